The normalized spacial score (nSPS) is 9.38. The molecule has 0 aliphatic carbocycles. The van der Waals surface area contributed by atoms with Crippen LogP contribution < -0.4 is 10.1 Å². The molecule has 0 atom stereocenters. The highest BCUT2D eigenvalue weighted by atomic mass is 35.5. The molecule has 110 valence electrons. The molecule has 6 heteroatoms. The smallest absolute Gasteiger partial charge is 0.347 e. The standard InChI is InChI=1S/C15H13NO4.ClH/c1-10(17)16-11-6-8-12(9-7-11)20-15(19)13-4-2-3-5-14(13)18;/h2-9,18H,1H3,(H,16,17);1H. The Balaban J connectivity index is 0.00000220. The molecule has 0 saturated heterocycles. The Morgan fingerprint density at radius 3 is 2.24 bits per heavy atom. The van der Waals surface area contributed by atoms with Gasteiger partial charge in [0.25, 0.3) is 0 Å². The Labute approximate surface area is 128 Å². The van der Waals surface area contributed by atoms with E-state index >= 15 is 0 Å². The molecule has 0 bridgehead atoms. The molecule has 21 heavy (non-hydrogen) atoms. The average molecular weight is 308 g/mol. The summed E-state index contributed by atoms with van der Waals surface area (Å²) < 4.78 is 5.13. The molecular formula is C15H14ClNO4. The Kier molecular flexibility index (Phi) is 5.75. The lowest BCUT2D eigenvalue weighted by Gasteiger charge is -2.07. The third-order valence-electron chi connectivity index (χ3n) is 2.51. The van der Waals surface area contributed by atoms with Gasteiger partial charge in [0.1, 0.15) is 17.1 Å². The summed E-state index contributed by atoms with van der Waals surface area (Å²) in [4.78, 5) is 22.7. The van der Waals surface area contributed by atoms with Gasteiger partial charge in [-0.2, -0.15) is 0 Å². The summed E-state index contributed by atoms with van der Waals surface area (Å²) in [6.45, 7) is 1.41. The van der Waals surface area contributed by atoms with Crippen LogP contribution in [0, 0.1) is 0 Å². The largest absolute Gasteiger partial charge is 0.507 e. The topological polar surface area (TPSA) is 75.6 Å². The number of benzene rings is 2. The second-order valence-electron chi connectivity index (χ2n) is 4.11. The second-order valence-corrected chi connectivity index (χ2v) is 4.11. The van der Waals surface area contributed by atoms with E-state index in [1.54, 1.807) is 36.4 Å². The van der Waals surface area contributed by atoms with Gasteiger partial charge in [0, 0.05) is 12.6 Å². The molecule has 0 aliphatic heterocycles. The van der Waals surface area contributed by atoms with E-state index in [1.807, 2.05) is 0 Å². The van der Waals surface area contributed by atoms with Crippen molar-refractivity contribution in [3.8, 4) is 11.5 Å². The lowest BCUT2D eigenvalue weighted by molar-refractivity contribution is -0.114. The molecule has 0 saturated carbocycles. The first-order chi connectivity index (χ1) is 9.56. The van der Waals surface area contributed by atoms with Crippen LogP contribution in [0.2, 0.25) is 0 Å². The van der Waals surface area contributed by atoms with Crippen LogP contribution in [0.5, 0.6) is 11.5 Å². The van der Waals surface area contributed by atoms with Gasteiger partial charge in [0.2, 0.25) is 5.91 Å². The van der Waals surface area contributed by atoms with E-state index in [1.165, 1.54) is 19.1 Å². The van der Waals surface area contributed by atoms with Crippen LogP contribution >= 0.6 is 12.4 Å². The fraction of sp³-hybridized carbons (Fsp3) is 0.0667. The van der Waals surface area contributed by atoms with Crippen molar-refractivity contribution in [3.05, 3.63) is 54.1 Å². The number of esters is 1. The number of aromatic hydroxyl groups is 1. The van der Waals surface area contributed by atoms with Gasteiger partial charge in [-0.1, -0.05) is 12.1 Å². The number of carbonyl (C=O) groups excluding carboxylic acids is 2. The zero-order valence-electron chi connectivity index (χ0n) is 11.2. The molecule has 0 fully saturated rings. The summed E-state index contributed by atoms with van der Waals surface area (Å²) in [6.07, 6.45) is 0. The van der Waals surface area contributed by atoms with Crippen molar-refractivity contribution < 1.29 is 19.4 Å². The number of phenols is 1. The number of para-hydroxylation sites is 1. The summed E-state index contributed by atoms with van der Waals surface area (Å²) in [5.74, 6) is -0.626. The number of rotatable bonds is 3. The van der Waals surface area contributed by atoms with Crippen molar-refractivity contribution >= 4 is 30.0 Å². The van der Waals surface area contributed by atoms with Crippen LogP contribution in [0.15, 0.2) is 48.5 Å². The number of halogens is 1. The van der Waals surface area contributed by atoms with E-state index in [2.05, 4.69) is 5.32 Å². The van der Waals surface area contributed by atoms with Crippen LogP contribution in [0.1, 0.15) is 17.3 Å². The Hall–Kier alpha value is -2.53. The predicted molar refractivity (Wildman–Crippen MR) is 81.1 cm³/mol. The molecule has 2 aromatic carbocycles. The lowest BCUT2D eigenvalue weighted by atomic mass is 10.2. The molecule has 2 N–H and O–H groups in total. The molecule has 0 spiro atoms. The fourth-order valence-electron chi connectivity index (χ4n) is 1.62. The van der Waals surface area contributed by atoms with Crippen molar-refractivity contribution in [3.63, 3.8) is 0 Å². The van der Waals surface area contributed by atoms with E-state index in [4.69, 9.17) is 4.74 Å². The van der Waals surface area contributed by atoms with Gasteiger partial charge >= 0.3 is 5.97 Å². The fourth-order valence-corrected chi connectivity index (χ4v) is 1.62. The third-order valence-corrected chi connectivity index (χ3v) is 2.51. The highest BCUT2D eigenvalue weighted by molar-refractivity contribution is 5.94. The van der Waals surface area contributed by atoms with Crippen LogP contribution in [-0.4, -0.2) is 17.0 Å². The van der Waals surface area contributed by atoms with Gasteiger partial charge in [0.05, 0.1) is 0 Å². The third kappa shape index (κ3) is 4.50. The molecular weight excluding hydrogens is 294 g/mol. The first-order valence-electron chi connectivity index (χ1n) is 5.94. The Morgan fingerprint density at radius 1 is 1.05 bits per heavy atom. The van der Waals surface area contributed by atoms with Gasteiger partial charge in [-0.15, -0.1) is 12.4 Å². The van der Waals surface area contributed by atoms with E-state index in [9.17, 15) is 14.7 Å². The number of nitrogens with one attached hydrogen (secondary N) is 1. The Morgan fingerprint density at radius 2 is 1.67 bits per heavy atom. The molecule has 1 amide bonds. The van der Waals surface area contributed by atoms with E-state index in [-0.39, 0.29) is 29.6 Å². The quantitative estimate of drug-likeness (QED) is 0.675. The highest BCUT2D eigenvalue weighted by Gasteiger charge is 2.12. The van der Waals surface area contributed by atoms with E-state index < -0.39 is 5.97 Å². The number of phenolic OH excluding ortho intramolecular Hbond substituents is 1. The van der Waals surface area contributed by atoms with Crippen LogP contribution in [0.3, 0.4) is 0 Å². The predicted octanol–water partition coefficient (Wildman–Crippen LogP) is 2.99. The number of hydrogen-bond donors (Lipinski definition) is 2. The number of ether oxygens (including phenoxy) is 1. The summed E-state index contributed by atoms with van der Waals surface area (Å²) in [6, 6.07) is 12.5. The van der Waals surface area contributed by atoms with Crippen molar-refractivity contribution in [2.45, 2.75) is 6.92 Å². The molecule has 5 nitrogen and oxygen atoms in total. The van der Waals surface area contributed by atoms with Crippen LogP contribution in [0.25, 0.3) is 0 Å². The summed E-state index contributed by atoms with van der Waals surface area (Å²) in [7, 11) is 0. The number of hydrogen-bond acceptors (Lipinski definition) is 4. The van der Waals surface area contributed by atoms with Crippen LogP contribution in [0.4, 0.5) is 5.69 Å². The van der Waals surface area contributed by atoms with Gasteiger partial charge in [-0.3, -0.25) is 4.79 Å². The van der Waals surface area contributed by atoms with E-state index in [0.717, 1.165) is 0 Å². The maximum absolute atomic E-state index is 11.8. The number of amides is 1. The maximum Gasteiger partial charge on any atom is 0.347 e. The van der Waals surface area contributed by atoms with Crippen molar-refractivity contribution in [1.29, 1.82) is 0 Å². The van der Waals surface area contributed by atoms with Gasteiger partial charge in [-0.05, 0) is 36.4 Å². The van der Waals surface area contributed by atoms with Gasteiger partial charge < -0.3 is 15.2 Å². The number of anilines is 1. The molecule has 2 rings (SSSR count). The second kappa shape index (κ2) is 7.31. The maximum atomic E-state index is 11.8. The lowest BCUT2D eigenvalue weighted by Crippen LogP contribution is -2.09. The average Bonchev–Trinajstić information content (AvgIpc) is 2.41. The van der Waals surface area contributed by atoms with Crippen molar-refractivity contribution in [2.75, 3.05) is 5.32 Å². The zero-order chi connectivity index (χ0) is 14.5. The van der Waals surface area contributed by atoms with Gasteiger partial charge in [0.15, 0.2) is 0 Å². The Bertz CT molecular complexity index is 640. The van der Waals surface area contributed by atoms with Crippen molar-refractivity contribution in [1.82, 2.24) is 0 Å². The SMILES string of the molecule is CC(=O)Nc1ccc(OC(=O)c2ccccc2O)cc1.Cl. The van der Waals surface area contributed by atoms with Crippen molar-refractivity contribution in [2.24, 2.45) is 0 Å². The zero-order valence-corrected chi connectivity index (χ0v) is 12.0. The number of carbonyl (C=O) groups is 2. The minimum absolute atomic E-state index is 0. The molecule has 0 heterocycles. The molecule has 2 aromatic rings. The summed E-state index contributed by atoms with van der Waals surface area (Å²) >= 11 is 0. The first kappa shape index (κ1) is 16.5. The monoisotopic (exact) mass is 307 g/mol. The minimum atomic E-state index is -0.643. The molecule has 0 radical (unpaired) electrons. The van der Waals surface area contributed by atoms with E-state index in [0.29, 0.717) is 11.4 Å². The molecule has 0 unspecified atom stereocenters. The minimum Gasteiger partial charge on any atom is -0.507 e. The first-order valence-corrected chi connectivity index (χ1v) is 5.94. The van der Waals surface area contributed by atoms with Gasteiger partial charge in [-0.25, -0.2) is 4.79 Å². The molecule has 0 aliphatic rings. The molecule has 0 aromatic heterocycles. The summed E-state index contributed by atoms with van der Waals surface area (Å²) in [5.41, 5.74) is 0.707. The van der Waals surface area contributed by atoms with Crippen LogP contribution in [-0.2, 0) is 4.79 Å². The highest BCUT2D eigenvalue weighted by Crippen LogP contribution is 2.20. The summed E-state index contributed by atoms with van der Waals surface area (Å²) in [5, 5.41) is 12.2.